The molecule has 1 aromatic carbocycles. The molecule has 2 heterocycles. The summed E-state index contributed by atoms with van der Waals surface area (Å²) >= 11 is 5.80. The largest absolute Gasteiger partial charge is 0.333 e. The summed E-state index contributed by atoms with van der Waals surface area (Å²) in [5.41, 5.74) is 0.649. The lowest BCUT2D eigenvalue weighted by atomic mass is 10.2. The van der Waals surface area contributed by atoms with Gasteiger partial charge in [0, 0.05) is 16.8 Å². The van der Waals surface area contributed by atoms with Crippen LogP contribution < -0.4 is 5.56 Å². The number of halogens is 1. The predicted octanol–water partition coefficient (Wildman–Crippen LogP) is 2.14. The van der Waals surface area contributed by atoms with Gasteiger partial charge in [0.05, 0.1) is 6.33 Å². The topological polar surface area (TPSA) is 84.7 Å². The van der Waals surface area contributed by atoms with Crippen molar-refractivity contribution < 1.29 is 4.52 Å². The first-order valence-corrected chi connectivity index (χ1v) is 5.74. The summed E-state index contributed by atoms with van der Waals surface area (Å²) in [5, 5.41) is 4.45. The minimum Gasteiger partial charge on any atom is -0.333 e. The fourth-order valence-corrected chi connectivity index (χ4v) is 1.67. The highest BCUT2D eigenvalue weighted by Crippen LogP contribution is 2.21. The van der Waals surface area contributed by atoms with Gasteiger partial charge in [-0.2, -0.15) is 4.98 Å². The van der Waals surface area contributed by atoms with E-state index in [2.05, 4.69) is 20.1 Å². The molecular weight excluding hydrogens is 268 g/mol. The zero-order valence-electron chi connectivity index (χ0n) is 9.50. The van der Waals surface area contributed by atoms with Gasteiger partial charge in [-0.05, 0) is 24.3 Å². The SMILES string of the molecule is O=c1[nH]cncc1-c1nc(-c2ccc(Cl)cc2)no1. The van der Waals surface area contributed by atoms with E-state index < -0.39 is 0 Å². The Balaban J connectivity index is 2.02. The average molecular weight is 275 g/mol. The Labute approximate surface area is 112 Å². The molecule has 94 valence electrons. The summed E-state index contributed by atoms with van der Waals surface area (Å²) in [6.07, 6.45) is 2.67. The van der Waals surface area contributed by atoms with E-state index in [1.54, 1.807) is 24.3 Å². The molecule has 7 heteroatoms. The van der Waals surface area contributed by atoms with Crippen LogP contribution in [0.15, 0.2) is 46.1 Å². The van der Waals surface area contributed by atoms with E-state index in [4.69, 9.17) is 16.1 Å². The van der Waals surface area contributed by atoms with E-state index >= 15 is 0 Å². The molecule has 1 N–H and O–H groups in total. The van der Waals surface area contributed by atoms with Crippen molar-refractivity contribution in [2.24, 2.45) is 0 Å². The summed E-state index contributed by atoms with van der Waals surface area (Å²) in [4.78, 5) is 22.0. The van der Waals surface area contributed by atoms with Crippen LogP contribution in [0.5, 0.6) is 0 Å². The normalized spacial score (nSPS) is 10.6. The number of aromatic nitrogens is 4. The quantitative estimate of drug-likeness (QED) is 0.774. The Morgan fingerprint density at radius 2 is 2.00 bits per heavy atom. The van der Waals surface area contributed by atoms with Crippen molar-refractivity contribution in [2.75, 3.05) is 0 Å². The lowest BCUT2D eigenvalue weighted by Crippen LogP contribution is -2.08. The van der Waals surface area contributed by atoms with Crippen molar-refractivity contribution >= 4 is 11.6 Å². The van der Waals surface area contributed by atoms with Crippen LogP contribution >= 0.6 is 11.6 Å². The highest BCUT2D eigenvalue weighted by Gasteiger charge is 2.13. The van der Waals surface area contributed by atoms with Crippen LogP contribution in [0.4, 0.5) is 0 Å². The fourth-order valence-electron chi connectivity index (χ4n) is 1.55. The minimum absolute atomic E-state index is 0.124. The van der Waals surface area contributed by atoms with Gasteiger partial charge in [-0.25, -0.2) is 4.98 Å². The molecule has 0 aliphatic heterocycles. The average Bonchev–Trinajstić information content (AvgIpc) is 2.89. The van der Waals surface area contributed by atoms with E-state index in [0.717, 1.165) is 5.56 Å². The Morgan fingerprint density at radius 1 is 1.21 bits per heavy atom. The molecule has 0 aliphatic carbocycles. The van der Waals surface area contributed by atoms with E-state index in [1.165, 1.54) is 12.5 Å². The first kappa shape index (κ1) is 11.6. The summed E-state index contributed by atoms with van der Waals surface area (Å²) in [5.74, 6) is 0.509. The number of hydrogen-bond donors (Lipinski definition) is 1. The molecule has 0 radical (unpaired) electrons. The Kier molecular flexibility index (Phi) is 2.85. The summed E-state index contributed by atoms with van der Waals surface area (Å²) in [6.45, 7) is 0. The molecule has 0 atom stereocenters. The van der Waals surface area contributed by atoms with Crippen molar-refractivity contribution in [3.05, 3.63) is 52.2 Å². The number of benzene rings is 1. The van der Waals surface area contributed by atoms with Gasteiger partial charge in [0.15, 0.2) is 0 Å². The third kappa shape index (κ3) is 2.25. The molecule has 3 rings (SSSR count). The van der Waals surface area contributed by atoms with Crippen molar-refractivity contribution in [3.8, 4) is 22.8 Å². The van der Waals surface area contributed by atoms with E-state index in [-0.39, 0.29) is 17.0 Å². The number of rotatable bonds is 2. The molecule has 0 unspecified atom stereocenters. The van der Waals surface area contributed by atoms with Crippen LogP contribution in [0.1, 0.15) is 0 Å². The second-order valence-corrected chi connectivity index (χ2v) is 4.16. The van der Waals surface area contributed by atoms with Gasteiger partial charge < -0.3 is 9.51 Å². The molecule has 0 amide bonds. The van der Waals surface area contributed by atoms with Gasteiger partial charge in [0.25, 0.3) is 11.4 Å². The first-order chi connectivity index (χ1) is 9.24. The van der Waals surface area contributed by atoms with Crippen LogP contribution in [0.3, 0.4) is 0 Å². The maximum atomic E-state index is 11.6. The molecule has 19 heavy (non-hydrogen) atoms. The molecule has 0 fully saturated rings. The highest BCUT2D eigenvalue weighted by molar-refractivity contribution is 6.30. The Morgan fingerprint density at radius 3 is 2.74 bits per heavy atom. The molecular formula is C12H7ClN4O2. The molecule has 0 saturated heterocycles. The van der Waals surface area contributed by atoms with Gasteiger partial charge >= 0.3 is 0 Å². The second-order valence-electron chi connectivity index (χ2n) is 3.72. The van der Waals surface area contributed by atoms with E-state index in [0.29, 0.717) is 10.8 Å². The number of hydrogen-bond acceptors (Lipinski definition) is 5. The summed E-state index contributed by atoms with van der Waals surface area (Å²) in [7, 11) is 0. The monoisotopic (exact) mass is 274 g/mol. The first-order valence-electron chi connectivity index (χ1n) is 5.37. The summed E-state index contributed by atoms with van der Waals surface area (Å²) in [6, 6.07) is 6.99. The van der Waals surface area contributed by atoms with Crippen LogP contribution in [0.2, 0.25) is 5.02 Å². The summed E-state index contributed by atoms with van der Waals surface area (Å²) < 4.78 is 5.06. The van der Waals surface area contributed by atoms with Crippen molar-refractivity contribution in [1.29, 1.82) is 0 Å². The number of aromatic amines is 1. The predicted molar refractivity (Wildman–Crippen MR) is 68.6 cm³/mol. The minimum atomic E-state index is -0.332. The van der Waals surface area contributed by atoms with Crippen LogP contribution in [0.25, 0.3) is 22.8 Å². The third-order valence-electron chi connectivity index (χ3n) is 2.48. The Bertz CT molecular complexity index is 764. The van der Waals surface area contributed by atoms with Crippen LogP contribution in [-0.4, -0.2) is 20.1 Å². The van der Waals surface area contributed by atoms with E-state index in [9.17, 15) is 4.79 Å². The number of nitrogens with one attached hydrogen (secondary N) is 1. The van der Waals surface area contributed by atoms with Crippen molar-refractivity contribution in [1.82, 2.24) is 20.1 Å². The molecule has 6 nitrogen and oxygen atoms in total. The number of H-pyrrole nitrogens is 1. The lowest BCUT2D eigenvalue weighted by Gasteiger charge is -1.93. The molecule has 0 spiro atoms. The second kappa shape index (κ2) is 4.66. The van der Waals surface area contributed by atoms with Gasteiger partial charge in [0.1, 0.15) is 5.56 Å². The zero-order chi connectivity index (χ0) is 13.2. The molecule has 0 bridgehead atoms. The molecule has 2 aromatic heterocycles. The van der Waals surface area contributed by atoms with Gasteiger partial charge in [-0.1, -0.05) is 16.8 Å². The van der Waals surface area contributed by atoms with Gasteiger partial charge in [-0.15, -0.1) is 0 Å². The van der Waals surface area contributed by atoms with Gasteiger partial charge in [-0.3, -0.25) is 4.79 Å². The van der Waals surface area contributed by atoms with Crippen LogP contribution in [0, 0.1) is 0 Å². The number of nitrogens with zero attached hydrogens (tertiary/aromatic N) is 3. The standard InChI is InChI=1S/C12H7ClN4O2/c13-8-3-1-7(2-4-8)10-16-12(19-17-10)9-5-14-6-15-11(9)18/h1-6H,(H,14,15,18). The molecule has 0 aliphatic rings. The smallest absolute Gasteiger partial charge is 0.265 e. The van der Waals surface area contributed by atoms with Crippen LogP contribution in [-0.2, 0) is 0 Å². The van der Waals surface area contributed by atoms with Crippen molar-refractivity contribution in [3.63, 3.8) is 0 Å². The molecule has 3 aromatic rings. The zero-order valence-corrected chi connectivity index (χ0v) is 10.3. The van der Waals surface area contributed by atoms with Gasteiger partial charge in [0.2, 0.25) is 5.82 Å². The van der Waals surface area contributed by atoms with Crippen molar-refractivity contribution in [2.45, 2.75) is 0 Å². The maximum absolute atomic E-state index is 11.6. The Hall–Kier alpha value is -2.47. The van der Waals surface area contributed by atoms with E-state index in [1.807, 2.05) is 0 Å². The third-order valence-corrected chi connectivity index (χ3v) is 2.73. The highest BCUT2D eigenvalue weighted by atomic mass is 35.5. The maximum Gasteiger partial charge on any atom is 0.265 e. The lowest BCUT2D eigenvalue weighted by molar-refractivity contribution is 0.431. The molecule has 0 saturated carbocycles. The fraction of sp³-hybridized carbons (Fsp3) is 0.